The van der Waals surface area contributed by atoms with Gasteiger partial charge < -0.3 is 24.4 Å². The van der Waals surface area contributed by atoms with Crippen LogP contribution in [0.4, 0.5) is 0 Å². The van der Waals surface area contributed by atoms with Crippen LogP contribution in [0, 0.1) is 0 Å². The minimum absolute atomic E-state index is 0.0376. The van der Waals surface area contributed by atoms with Gasteiger partial charge in [-0.05, 0) is 18.6 Å². The van der Waals surface area contributed by atoms with Crippen LogP contribution in [0.15, 0.2) is 24.3 Å². The largest absolute Gasteiger partial charge is 0.496 e. The van der Waals surface area contributed by atoms with Crippen LogP contribution in [0.25, 0.3) is 6.08 Å². The molecule has 1 heterocycles. The van der Waals surface area contributed by atoms with Gasteiger partial charge in [-0.2, -0.15) is 0 Å². The van der Waals surface area contributed by atoms with Crippen molar-refractivity contribution in [3.8, 4) is 5.75 Å². The number of benzene rings is 1. The average molecular weight is 322 g/mol. The van der Waals surface area contributed by atoms with Crippen LogP contribution in [0.1, 0.15) is 25.0 Å². The van der Waals surface area contributed by atoms with Gasteiger partial charge in [0.2, 0.25) is 0 Å². The fourth-order valence-electron chi connectivity index (χ4n) is 2.33. The van der Waals surface area contributed by atoms with E-state index in [1.54, 1.807) is 18.2 Å². The third-order valence-electron chi connectivity index (χ3n) is 3.73. The summed E-state index contributed by atoms with van der Waals surface area (Å²) in [6, 6.07) is 5.37. The lowest BCUT2D eigenvalue weighted by atomic mass is 10.0. The molecule has 0 radical (unpaired) electrons. The van der Waals surface area contributed by atoms with E-state index in [1.165, 1.54) is 20.1 Å². The minimum atomic E-state index is -1.04. The molecule has 6 nitrogen and oxygen atoms in total. The molecule has 0 spiro atoms. The van der Waals surface area contributed by atoms with E-state index in [0.29, 0.717) is 11.3 Å². The monoisotopic (exact) mass is 322 g/mol. The fraction of sp³-hybridized carbons (Fsp3) is 0.471. The number of epoxide rings is 1. The molecule has 0 unspecified atom stereocenters. The van der Waals surface area contributed by atoms with Gasteiger partial charge in [0.25, 0.3) is 0 Å². The van der Waals surface area contributed by atoms with Crippen molar-refractivity contribution in [2.45, 2.75) is 44.9 Å². The molecule has 1 aromatic rings. The molecular formula is C17H22O6. The van der Waals surface area contributed by atoms with Gasteiger partial charge >= 0.3 is 5.97 Å². The Labute approximate surface area is 135 Å². The summed E-state index contributed by atoms with van der Waals surface area (Å²) in [5.41, 5.74) is 1.43. The Morgan fingerprint density at radius 3 is 2.70 bits per heavy atom. The van der Waals surface area contributed by atoms with E-state index < -0.39 is 12.2 Å². The summed E-state index contributed by atoms with van der Waals surface area (Å²) >= 11 is 0. The number of hydrogen-bond acceptors (Lipinski definition) is 6. The van der Waals surface area contributed by atoms with Crippen LogP contribution >= 0.6 is 0 Å². The second kappa shape index (κ2) is 7.59. The smallest absolute Gasteiger partial charge is 0.302 e. The van der Waals surface area contributed by atoms with Crippen LogP contribution in [0.2, 0.25) is 0 Å². The van der Waals surface area contributed by atoms with Gasteiger partial charge in [0.15, 0.2) is 0 Å². The molecule has 1 fully saturated rings. The van der Waals surface area contributed by atoms with Crippen molar-refractivity contribution in [3.63, 3.8) is 0 Å². The minimum Gasteiger partial charge on any atom is -0.496 e. The molecule has 2 N–H and O–H groups in total. The molecule has 1 aliphatic heterocycles. The first-order chi connectivity index (χ1) is 10.9. The Balaban J connectivity index is 2.14. The molecule has 6 heteroatoms. The Kier molecular flexibility index (Phi) is 5.76. The predicted octanol–water partition coefficient (Wildman–Crippen LogP) is 1.28. The quantitative estimate of drug-likeness (QED) is 0.581. The number of aliphatic hydroxyl groups excluding tert-OH is 2. The van der Waals surface area contributed by atoms with Crippen LogP contribution in [-0.2, 0) is 20.9 Å². The molecule has 0 bridgehead atoms. The highest BCUT2D eigenvalue weighted by Crippen LogP contribution is 2.28. The summed E-state index contributed by atoms with van der Waals surface area (Å²) in [4.78, 5) is 11.0. The zero-order chi connectivity index (χ0) is 17.0. The summed E-state index contributed by atoms with van der Waals surface area (Å²) in [5.74, 6) is 0.198. The van der Waals surface area contributed by atoms with E-state index in [2.05, 4.69) is 0 Å². The molecule has 2 rings (SSSR count). The molecule has 0 amide bonds. The highest BCUT2D eigenvalue weighted by atomic mass is 16.6. The van der Waals surface area contributed by atoms with Crippen LogP contribution in [-0.4, -0.2) is 47.7 Å². The van der Waals surface area contributed by atoms with Crippen molar-refractivity contribution in [2.24, 2.45) is 0 Å². The third-order valence-corrected chi connectivity index (χ3v) is 3.73. The maximum Gasteiger partial charge on any atom is 0.302 e. The Bertz CT molecular complexity index is 582. The lowest BCUT2D eigenvalue weighted by molar-refractivity contribution is -0.142. The predicted molar refractivity (Wildman–Crippen MR) is 83.8 cm³/mol. The molecule has 23 heavy (non-hydrogen) atoms. The molecule has 1 aromatic carbocycles. The number of hydrogen-bond donors (Lipinski definition) is 2. The highest BCUT2D eigenvalue weighted by molar-refractivity contribution is 5.66. The van der Waals surface area contributed by atoms with Gasteiger partial charge in [-0.25, -0.2) is 0 Å². The number of carbonyl (C=O) groups excluding carboxylic acids is 1. The fourth-order valence-corrected chi connectivity index (χ4v) is 2.33. The standard InChI is InChI=1S/C17H22O6/c1-10-17(23-10)16(20)14(19)8-7-12-5-4-6-15(21-3)13(12)9-22-11(2)18/h4-8,10,14,16-17,19-20H,9H2,1-3H3/b8-7+/t10-,14-,16-,17-/m1/s1. The van der Waals surface area contributed by atoms with Crippen LogP contribution in [0.5, 0.6) is 5.75 Å². The first-order valence-electron chi connectivity index (χ1n) is 7.43. The SMILES string of the molecule is COc1cccc(/C=C/[C@@H](O)[C@@H](O)[C@@H]2O[C@@H]2C)c1COC(C)=O. The molecule has 1 saturated heterocycles. The first-order valence-corrected chi connectivity index (χ1v) is 7.43. The maximum atomic E-state index is 11.0. The van der Waals surface area contributed by atoms with E-state index in [0.717, 1.165) is 5.56 Å². The molecule has 0 aromatic heterocycles. The number of ether oxygens (including phenoxy) is 3. The number of esters is 1. The van der Waals surface area contributed by atoms with E-state index in [-0.39, 0.29) is 24.8 Å². The number of carbonyl (C=O) groups is 1. The van der Waals surface area contributed by atoms with Crippen molar-refractivity contribution < 1.29 is 29.2 Å². The van der Waals surface area contributed by atoms with E-state index >= 15 is 0 Å². The van der Waals surface area contributed by atoms with E-state index in [1.807, 2.05) is 13.0 Å². The van der Waals surface area contributed by atoms with Crippen molar-refractivity contribution >= 4 is 12.0 Å². The van der Waals surface area contributed by atoms with E-state index in [9.17, 15) is 15.0 Å². The van der Waals surface area contributed by atoms with Crippen molar-refractivity contribution in [3.05, 3.63) is 35.4 Å². The van der Waals surface area contributed by atoms with Crippen molar-refractivity contribution in [2.75, 3.05) is 7.11 Å². The highest BCUT2D eigenvalue weighted by Gasteiger charge is 2.43. The Hall–Kier alpha value is -1.89. The Morgan fingerprint density at radius 1 is 1.43 bits per heavy atom. The van der Waals surface area contributed by atoms with Crippen LogP contribution in [0.3, 0.4) is 0 Å². The van der Waals surface area contributed by atoms with Gasteiger partial charge in [0, 0.05) is 12.5 Å². The molecule has 126 valence electrons. The molecular weight excluding hydrogens is 300 g/mol. The van der Waals surface area contributed by atoms with Gasteiger partial charge in [0.05, 0.1) is 13.2 Å². The van der Waals surface area contributed by atoms with Gasteiger partial charge in [-0.3, -0.25) is 4.79 Å². The summed E-state index contributed by atoms with van der Waals surface area (Å²) in [5, 5.41) is 19.9. The topological polar surface area (TPSA) is 88.5 Å². The number of aliphatic hydroxyl groups is 2. The summed E-state index contributed by atoms with van der Waals surface area (Å²) in [6.07, 6.45) is 0.777. The normalized spacial score (nSPS) is 22.7. The average Bonchev–Trinajstić information content (AvgIpc) is 3.26. The zero-order valence-electron chi connectivity index (χ0n) is 13.4. The maximum absolute atomic E-state index is 11.0. The molecule has 4 atom stereocenters. The second-order valence-electron chi connectivity index (χ2n) is 5.45. The zero-order valence-corrected chi connectivity index (χ0v) is 13.4. The lowest BCUT2D eigenvalue weighted by Gasteiger charge is -2.14. The summed E-state index contributed by atoms with van der Waals surface area (Å²) < 4.78 is 15.5. The van der Waals surface area contributed by atoms with Gasteiger partial charge in [0.1, 0.15) is 30.7 Å². The second-order valence-corrected chi connectivity index (χ2v) is 5.45. The van der Waals surface area contributed by atoms with Crippen molar-refractivity contribution in [1.82, 2.24) is 0 Å². The molecule has 1 aliphatic rings. The van der Waals surface area contributed by atoms with E-state index in [4.69, 9.17) is 14.2 Å². The number of rotatable bonds is 7. The summed E-state index contributed by atoms with van der Waals surface area (Å²) in [6.45, 7) is 3.24. The Morgan fingerprint density at radius 2 is 2.13 bits per heavy atom. The third kappa shape index (κ3) is 4.54. The lowest BCUT2D eigenvalue weighted by Crippen LogP contribution is -2.30. The van der Waals surface area contributed by atoms with Crippen LogP contribution < -0.4 is 4.74 Å². The molecule has 0 saturated carbocycles. The van der Waals surface area contributed by atoms with Crippen molar-refractivity contribution in [1.29, 1.82) is 0 Å². The number of methoxy groups -OCH3 is 1. The first kappa shape index (κ1) is 17.5. The molecule has 0 aliphatic carbocycles. The van der Waals surface area contributed by atoms with Gasteiger partial charge in [-0.15, -0.1) is 0 Å². The van der Waals surface area contributed by atoms with Gasteiger partial charge in [-0.1, -0.05) is 24.3 Å². The summed E-state index contributed by atoms with van der Waals surface area (Å²) in [7, 11) is 1.53.